The molecular formula is C15H21BrN2. The number of halogens is 1. The molecule has 2 bridgehead atoms. The number of nitrogens with zero attached hydrogens (tertiary/aromatic N) is 1. The van der Waals surface area contributed by atoms with Crippen molar-refractivity contribution < 1.29 is 0 Å². The smallest absolute Gasteiger partial charge is 0.0331 e. The average Bonchev–Trinajstić information content (AvgIpc) is 2.69. The topological polar surface area (TPSA) is 15.3 Å². The first-order valence-electron chi connectivity index (χ1n) is 6.98. The minimum Gasteiger partial charge on any atom is -0.310 e. The molecule has 1 aromatic rings. The molecule has 18 heavy (non-hydrogen) atoms. The summed E-state index contributed by atoms with van der Waals surface area (Å²) in [5, 5.41) is 3.75. The van der Waals surface area contributed by atoms with Gasteiger partial charge in [0.1, 0.15) is 0 Å². The number of hydrogen-bond donors (Lipinski definition) is 1. The average molecular weight is 309 g/mol. The first-order chi connectivity index (χ1) is 8.74. The molecule has 2 nitrogen and oxygen atoms in total. The van der Waals surface area contributed by atoms with Gasteiger partial charge in [-0.15, -0.1) is 0 Å². The van der Waals surface area contributed by atoms with E-state index in [9.17, 15) is 0 Å². The summed E-state index contributed by atoms with van der Waals surface area (Å²) in [6.45, 7) is 4.74. The summed E-state index contributed by atoms with van der Waals surface area (Å²) in [6.07, 6.45) is 4.02. The summed E-state index contributed by atoms with van der Waals surface area (Å²) in [5.74, 6) is 0. The lowest BCUT2D eigenvalue weighted by Crippen LogP contribution is -2.36. The zero-order valence-corrected chi connectivity index (χ0v) is 12.5. The molecule has 3 heteroatoms. The number of benzene rings is 1. The molecule has 3 atom stereocenters. The van der Waals surface area contributed by atoms with Gasteiger partial charge in [0.15, 0.2) is 0 Å². The summed E-state index contributed by atoms with van der Waals surface area (Å²) >= 11 is 3.68. The van der Waals surface area contributed by atoms with Gasteiger partial charge in [-0.1, -0.05) is 34.1 Å². The quantitative estimate of drug-likeness (QED) is 0.901. The Hall–Kier alpha value is -0.380. The fourth-order valence-corrected chi connectivity index (χ4v) is 3.95. The molecule has 0 amide bonds. The molecule has 0 radical (unpaired) electrons. The van der Waals surface area contributed by atoms with Crippen molar-refractivity contribution in [3.8, 4) is 0 Å². The van der Waals surface area contributed by atoms with E-state index in [1.807, 2.05) is 0 Å². The van der Waals surface area contributed by atoms with Crippen LogP contribution in [0.5, 0.6) is 0 Å². The van der Waals surface area contributed by atoms with Crippen molar-refractivity contribution in [1.29, 1.82) is 0 Å². The highest BCUT2D eigenvalue weighted by atomic mass is 79.9. The normalized spacial score (nSPS) is 30.1. The highest BCUT2D eigenvalue weighted by molar-refractivity contribution is 9.10. The summed E-state index contributed by atoms with van der Waals surface area (Å²) in [6, 6.07) is 10.6. The Bertz CT molecular complexity index is 421. The second-order valence-electron chi connectivity index (χ2n) is 5.62. The van der Waals surface area contributed by atoms with E-state index in [4.69, 9.17) is 0 Å². The molecule has 0 aromatic heterocycles. The summed E-state index contributed by atoms with van der Waals surface area (Å²) in [5.41, 5.74) is 1.41. The molecule has 3 unspecified atom stereocenters. The van der Waals surface area contributed by atoms with Crippen LogP contribution in [0, 0.1) is 0 Å². The zero-order chi connectivity index (χ0) is 12.5. The van der Waals surface area contributed by atoms with Gasteiger partial charge in [-0.05, 0) is 37.8 Å². The van der Waals surface area contributed by atoms with Crippen molar-refractivity contribution in [3.05, 3.63) is 34.3 Å². The van der Waals surface area contributed by atoms with Crippen molar-refractivity contribution in [2.75, 3.05) is 13.1 Å². The molecule has 0 saturated carbocycles. The van der Waals surface area contributed by atoms with E-state index in [0.29, 0.717) is 12.1 Å². The van der Waals surface area contributed by atoms with Gasteiger partial charge in [-0.25, -0.2) is 0 Å². The molecule has 1 N–H and O–H groups in total. The third-order valence-electron chi connectivity index (χ3n) is 4.46. The monoisotopic (exact) mass is 308 g/mol. The first-order valence-corrected chi connectivity index (χ1v) is 7.78. The maximum Gasteiger partial charge on any atom is 0.0331 e. The Morgan fingerprint density at radius 3 is 2.83 bits per heavy atom. The minimum absolute atomic E-state index is 0.502. The van der Waals surface area contributed by atoms with Crippen LogP contribution in [0.2, 0.25) is 0 Å². The lowest BCUT2D eigenvalue weighted by Gasteiger charge is -2.31. The van der Waals surface area contributed by atoms with Crippen molar-refractivity contribution in [2.45, 2.75) is 44.3 Å². The van der Waals surface area contributed by atoms with Gasteiger partial charge in [-0.3, -0.25) is 4.90 Å². The number of likely N-dealkylation sites (tertiary alicyclic amines) is 1. The Morgan fingerprint density at radius 1 is 1.22 bits per heavy atom. The van der Waals surface area contributed by atoms with Crippen LogP contribution >= 0.6 is 15.9 Å². The van der Waals surface area contributed by atoms with E-state index in [2.05, 4.69) is 57.3 Å². The molecule has 2 heterocycles. The van der Waals surface area contributed by atoms with E-state index in [1.54, 1.807) is 0 Å². The molecule has 2 saturated heterocycles. The molecule has 98 valence electrons. The summed E-state index contributed by atoms with van der Waals surface area (Å²) in [4.78, 5) is 2.64. The van der Waals surface area contributed by atoms with Gasteiger partial charge in [0.25, 0.3) is 0 Å². The lowest BCUT2D eigenvalue weighted by molar-refractivity contribution is 0.199. The van der Waals surface area contributed by atoms with Crippen LogP contribution in [0.1, 0.15) is 37.8 Å². The van der Waals surface area contributed by atoms with Crippen LogP contribution in [0.4, 0.5) is 0 Å². The predicted molar refractivity (Wildman–Crippen MR) is 78.7 cm³/mol. The van der Waals surface area contributed by atoms with Crippen LogP contribution in [-0.2, 0) is 0 Å². The standard InChI is InChI=1S/C15H21BrN2/c1-11(14-4-2-3-5-15(14)16)18-9-8-12-6-7-13(10-18)17-12/h2-5,11-13,17H,6-10H2,1H3. The van der Waals surface area contributed by atoms with Gasteiger partial charge >= 0.3 is 0 Å². The SMILES string of the molecule is CC(c1ccccc1Br)N1CCC2CCC(C1)N2. The van der Waals surface area contributed by atoms with Crippen LogP contribution in [0.3, 0.4) is 0 Å². The second kappa shape index (κ2) is 5.32. The summed E-state index contributed by atoms with van der Waals surface area (Å²) in [7, 11) is 0. The predicted octanol–water partition coefficient (Wildman–Crippen LogP) is 3.34. The van der Waals surface area contributed by atoms with Gasteiger partial charge in [0.05, 0.1) is 0 Å². The molecule has 0 aliphatic carbocycles. The van der Waals surface area contributed by atoms with Crippen LogP contribution in [0.15, 0.2) is 28.7 Å². The van der Waals surface area contributed by atoms with E-state index in [0.717, 1.165) is 6.04 Å². The van der Waals surface area contributed by atoms with Crippen LogP contribution in [0.25, 0.3) is 0 Å². The third-order valence-corrected chi connectivity index (χ3v) is 5.18. The van der Waals surface area contributed by atoms with Gasteiger partial charge < -0.3 is 5.32 Å². The Labute approximate surface area is 118 Å². The lowest BCUT2D eigenvalue weighted by atomic mass is 10.0. The van der Waals surface area contributed by atoms with Crippen LogP contribution in [-0.4, -0.2) is 30.1 Å². The van der Waals surface area contributed by atoms with Crippen molar-refractivity contribution in [1.82, 2.24) is 10.2 Å². The highest BCUT2D eigenvalue weighted by Crippen LogP contribution is 2.30. The van der Waals surface area contributed by atoms with Crippen molar-refractivity contribution in [2.24, 2.45) is 0 Å². The number of hydrogen-bond acceptors (Lipinski definition) is 2. The Kier molecular flexibility index (Phi) is 3.73. The fraction of sp³-hybridized carbons (Fsp3) is 0.600. The molecule has 0 spiro atoms. The fourth-order valence-electron chi connectivity index (χ4n) is 3.33. The molecule has 2 fully saturated rings. The zero-order valence-electron chi connectivity index (χ0n) is 10.9. The molecular weight excluding hydrogens is 288 g/mol. The first kappa shape index (κ1) is 12.6. The Balaban J connectivity index is 1.76. The largest absolute Gasteiger partial charge is 0.310 e. The van der Waals surface area contributed by atoms with Gasteiger partial charge in [-0.2, -0.15) is 0 Å². The van der Waals surface area contributed by atoms with Crippen molar-refractivity contribution >= 4 is 15.9 Å². The van der Waals surface area contributed by atoms with E-state index in [-0.39, 0.29) is 0 Å². The number of rotatable bonds is 2. The third kappa shape index (κ3) is 2.49. The maximum absolute atomic E-state index is 3.75. The Morgan fingerprint density at radius 2 is 2.00 bits per heavy atom. The number of fused-ring (bicyclic) bond motifs is 2. The second-order valence-corrected chi connectivity index (χ2v) is 6.47. The van der Waals surface area contributed by atoms with E-state index in [1.165, 1.54) is 42.4 Å². The molecule has 2 aliphatic rings. The van der Waals surface area contributed by atoms with Crippen LogP contribution < -0.4 is 5.32 Å². The highest BCUT2D eigenvalue weighted by Gasteiger charge is 2.31. The molecule has 1 aromatic carbocycles. The minimum atomic E-state index is 0.502. The summed E-state index contributed by atoms with van der Waals surface area (Å²) < 4.78 is 1.24. The van der Waals surface area contributed by atoms with Crippen molar-refractivity contribution in [3.63, 3.8) is 0 Å². The molecule has 3 rings (SSSR count). The van der Waals surface area contributed by atoms with Gasteiger partial charge in [0, 0.05) is 35.7 Å². The number of nitrogens with one attached hydrogen (secondary N) is 1. The van der Waals surface area contributed by atoms with Gasteiger partial charge in [0.2, 0.25) is 0 Å². The molecule has 2 aliphatic heterocycles. The van der Waals surface area contributed by atoms with E-state index < -0.39 is 0 Å². The van der Waals surface area contributed by atoms with E-state index >= 15 is 0 Å². The maximum atomic E-state index is 3.75.